The van der Waals surface area contributed by atoms with Crippen molar-refractivity contribution in [2.75, 3.05) is 6.61 Å². The highest BCUT2D eigenvalue weighted by Crippen LogP contribution is 2.23. The second-order valence-electron chi connectivity index (χ2n) is 6.19. The number of hydrogen-bond acceptors (Lipinski definition) is 3. The van der Waals surface area contributed by atoms with E-state index in [2.05, 4.69) is 12.2 Å². The summed E-state index contributed by atoms with van der Waals surface area (Å²) in [5.41, 5.74) is 7.02. The van der Waals surface area contributed by atoms with E-state index >= 15 is 0 Å². The fourth-order valence-corrected chi connectivity index (χ4v) is 2.88. The molecular formula is C18H29ClN2O2. The highest BCUT2D eigenvalue weighted by molar-refractivity contribution is 5.85. The van der Waals surface area contributed by atoms with Gasteiger partial charge in [-0.2, -0.15) is 0 Å². The van der Waals surface area contributed by atoms with Crippen LogP contribution in [0, 0.1) is 5.92 Å². The molecule has 0 heterocycles. The Hall–Kier alpha value is -1.26. The average Bonchev–Trinajstić information content (AvgIpc) is 2.53. The molecule has 3 N–H and O–H groups in total. The summed E-state index contributed by atoms with van der Waals surface area (Å²) in [4.78, 5) is 12.2. The van der Waals surface area contributed by atoms with Crippen LogP contribution in [0.4, 0.5) is 0 Å². The van der Waals surface area contributed by atoms with Gasteiger partial charge in [-0.1, -0.05) is 31.9 Å². The van der Waals surface area contributed by atoms with E-state index in [9.17, 15) is 4.79 Å². The van der Waals surface area contributed by atoms with Crippen molar-refractivity contribution in [2.24, 2.45) is 11.7 Å². The van der Waals surface area contributed by atoms with Crippen molar-refractivity contribution in [3.8, 4) is 5.75 Å². The highest BCUT2D eigenvalue weighted by atomic mass is 35.5. The Balaban J connectivity index is 0.00000264. The summed E-state index contributed by atoms with van der Waals surface area (Å²) >= 11 is 0. The third-order valence-electron chi connectivity index (χ3n) is 4.22. The normalized spacial score (nSPS) is 20.4. The Bertz CT molecular complexity index is 482. The molecule has 1 aliphatic rings. The molecule has 1 amide bonds. The van der Waals surface area contributed by atoms with E-state index in [1.54, 1.807) is 0 Å². The number of hydrogen-bond donors (Lipinski definition) is 2. The van der Waals surface area contributed by atoms with Crippen molar-refractivity contribution in [3.63, 3.8) is 0 Å². The number of halogens is 1. The lowest BCUT2D eigenvalue weighted by atomic mass is 9.85. The number of carbonyl (C=O) groups excluding carboxylic acids is 1. The minimum Gasteiger partial charge on any atom is -0.494 e. The molecule has 2 unspecified atom stereocenters. The summed E-state index contributed by atoms with van der Waals surface area (Å²) in [6.45, 7) is 3.44. The molecule has 1 aromatic carbocycles. The van der Waals surface area contributed by atoms with E-state index in [1.165, 1.54) is 0 Å². The van der Waals surface area contributed by atoms with E-state index in [-0.39, 0.29) is 30.3 Å². The minimum absolute atomic E-state index is 0. The largest absolute Gasteiger partial charge is 0.494 e. The van der Waals surface area contributed by atoms with Gasteiger partial charge in [0.2, 0.25) is 5.91 Å². The van der Waals surface area contributed by atoms with Crippen LogP contribution >= 0.6 is 12.4 Å². The maximum Gasteiger partial charge on any atom is 0.223 e. The first kappa shape index (κ1) is 19.8. The number of nitrogens with two attached hydrogens (primary N) is 1. The molecule has 1 saturated carbocycles. The summed E-state index contributed by atoms with van der Waals surface area (Å²) in [7, 11) is 0. The molecule has 0 bridgehead atoms. The van der Waals surface area contributed by atoms with Gasteiger partial charge in [0.25, 0.3) is 0 Å². The lowest BCUT2D eigenvalue weighted by molar-refractivity contribution is -0.126. The van der Waals surface area contributed by atoms with Crippen LogP contribution in [0.1, 0.15) is 51.0 Å². The lowest BCUT2D eigenvalue weighted by Crippen LogP contribution is -2.37. The smallest absolute Gasteiger partial charge is 0.223 e. The van der Waals surface area contributed by atoms with Gasteiger partial charge in [0.1, 0.15) is 5.75 Å². The summed E-state index contributed by atoms with van der Waals surface area (Å²) < 4.78 is 5.70. The van der Waals surface area contributed by atoms with Gasteiger partial charge < -0.3 is 15.8 Å². The molecule has 2 rings (SSSR count). The molecule has 1 fully saturated rings. The van der Waals surface area contributed by atoms with Crippen LogP contribution in [0.25, 0.3) is 0 Å². The minimum atomic E-state index is 0. The molecule has 0 aliphatic heterocycles. The first-order chi connectivity index (χ1) is 10.7. The summed E-state index contributed by atoms with van der Waals surface area (Å²) in [5, 5.41) is 3.03. The van der Waals surface area contributed by atoms with Crippen LogP contribution in [0.15, 0.2) is 24.3 Å². The molecule has 4 nitrogen and oxygen atoms in total. The summed E-state index contributed by atoms with van der Waals surface area (Å²) in [6, 6.07) is 8.13. The van der Waals surface area contributed by atoms with E-state index < -0.39 is 0 Å². The fraction of sp³-hybridized carbons (Fsp3) is 0.611. The second-order valence-corrected chi connectivity index (χ2v) is 6.19. The van der Waals surface area contributed by atoms with E-state index in [0.717, 1.165) is 56.4 Å². The average molecular weight is 341 g/mol. The molecule has 5 heteroatoms. The molecule has 23 heavy (non-hydrogen) atoms. The predicted molar refractivity (Wildman–Crippen MR) is 95.9 cm³/mol. The van der Waals surface area contributed by atoms with Gasteiger partial charge in [-0.25, -0.2) is 0 Å². The molecule has 2 atom stereocenters. The zero-order chi connectivity index (χ0) is 15.8. The first-order valence-electron chi connectivity index (χ1n) is 8.44. The molecule has 0 saturated heterocycles. The SMILES string of the molecule is CCCCOc1cccc(CNC(=O)C2CCCC(N)C2)c1.Cl. The van der Waals surface area contributed by atoms with E-state index in [0.29, 0.717) is 6.54 Å². The van der Waals surface area contributed by atoms with Gasteiger partial charge in [-0.05, 0) is 43.4 Å². The molecule has 1 aliphatic carbocycles. The quantitative estimate of drug-likeness (QED) is 0.747. The van der Waals surface area contributed by atoms with E-state index in [1.807, 2.05) is 24.3 Å². The maximum atomic E-state index is 12.2. The van der Waals surface area contributed by atoms with Crippen LogP contribution in [0.5, 0.6) is 5.75 Å². The summed E-state index contributed by atoms with van der Waals surface area (Å²) in [5.74, 6) is 1.08. The van der Waals surface area contributed by atoms with Crippen LogP contribution in [-0.4, -0.2) is 18.6 Å². The van der Waals surface area contributed by atoms with Crippen LogP contribution in [0.2, 0.25) is 0 Å². The zero-order valence-electron chi connectivity index (χ0n) is 13.9. The topological polar surface area (TPSA) is 64.3 Å². The van der Waals surface area contributed by atoms with Gasteiger partial charge in [0.05, 0.1) is 6.61 Å². The number of unbranched alkanes of at least 4 members (excludes halogenated alkanes) is 1. The molecule has 0 radical (unpaired) electrons. The number of nitrogens with one attached hydrogen (secondary N) is 1. The molecule has 130 valence electrons. The third kappa shape index (κ3) is 6.80. The van der Waals surface area contributed by atoms with Gasteiger partial charge >= 0.3 is 0 Å². The van der Waals surface area contributed by atoms with Crippen molar-refractivity contribution in [1.29, 1.82) is 0 Å². The van der Waals surface area contributed by atoms with Crippen molar-refractivity contribution >= 4 is 18.3 Å². The van der Waals surface area contributed by atoms with Crippen LogP contribution < -0.4 is 15.8 Å². The Morgan fingerprint density at radius 1 is 1.39 bits per heavy atom. The van der Waals surface area contributed by atoms with Crippen molar-refractivity contribution in [1.82, 2.24) is 5.32 Å². The number of carbonyl (C=O) groups is 1. The van der Waals surface area contributed by atoms with Gasteiger partial charge in [0, 0.05) is 18.5 Å². The van der Waals surface area contributed by atoms with Crippen molar-refractivity contribution < 1.29 is 9.53 Å². The first-order valence-corrected chi connectivity index (χ1v) is 8.44. The molecule has 0 spiro atoms. The Kier molecular flexibility index (Phi) is 9.03. The van der Waals surface area contributed by atoms with Gasteiger partial charge in [-0.15, -0.1) is 12.4 Å². The third-order valence-corrected chi connectivity index (χ3v) is 4.22. The number of ether oxygens (including phenoxy) is 1. The van der Waals surface area contributed by atoms with Crippen LogP contribution in [-0.2, 0) is 11.3 Å². The maximum absolute atomic E-state index is 12.2. The number of amides is 1. The van der Waals surface area contributed by atoms with Crippen molar-refractivity contribution in [2.45, 2.75) is 58.0 Å². The lowest BCUT2D eigenvalue weighted by Gasteiger charge is -2.25. The van der Waals surface area contributed by atoms with Crippen LogP contribution in [0.3, 0.4) is 0 Å². The Morgan fingerprint density at radius 3 is 2.96 bits per heavy atom. The van der Waals surface area contributed by atoms with E-state index in [4.69, 9.17) is 10.5 Å². The van der Waals surface area contributed by atoms with Gasteiger partial charge in [-0.3, -0.25) is 4.79 Å². The second kappa shape index (κ2) is 10.5. The number of rotatable bonds is 7. The monoisotopic (exact) mass is 340 g/mol. The predicted octanol–water partition coefficient (Wildman–Crippen LogP) is 3.42. The summed E-state index contributed by atoms with van der Waals surface area (Å²) in [6.07, 6.45) is 6.05. The Morgan fingerprint density at radius 2 is 2.22 bits per heavy atom. The molecule has 1 aromatic rings. The van der Waals surface area contributed by atoms with Gasteiger partial charge in [0.15, 0.2) is 0 Å². The highest BCUT2D eigenvalue weighted by Gasteiger charge is 2.24. The zero-order valence-corrected chi connectivity index (χ0v) is 14.7. The Labute approximate surface area is 145 Å². The fourth-order valence-electron chi connectivity index (χ4n) is 2.88. The van der Waals surface area contributed by atoms with Crippen molar-refractivity contribution in [3.05, 3.63) is 29.8 Å². The molecular weight excluding hydrogens is 312 g/mol. The number of benzene rings is 1. The molecule has 0 aromatic heterocycles. The standard InChI is InChI=1S/C18H28N2O2.ClH/c1-2-3-10-22-17-9-4-6-14(11-17)13-20-18(21)15-7-5-8-16(19)12-15;/h4,6,9,11,15-16H,2-3,5,7-8,10,12-13,19H2,1H3,(H,20,21);1H.